The van der Waals surface area contributed by atoms with E-state index in [1.807, 2.05) is 48.3 Å². The van der Waals surface area contributed by atoms with Crippen molar-refractivity contribution in [2.75, 3.05) is 28.7 Å². The van der Waals surface area contributed by atoms with E-state index in [0.717, 1.165) is 40.3 Å². The van der Waals surface area contributed by atoms with Crippen LogP contribution in [0.25, 0.3) is 0 Å². The quantitative estimate of drug-likeness (QED) is 0.774. The maximum absolute atomic E-state index is 12.1. The molecule has 3 N–H and O–H groups in total. The number of rotatable bonds is 5. The SMILES string of the molecule is Cc1csc(Nc2ccc(NC(=O)CC3CSCCN3)cc2)n1. The number of nitrogens with zero attached hydrogens (tertiary/aromatic N) is 1. The minimum absolute atomic E-state index is 0.0567. The van der Waals surface area contributed by atoms with E-state index in [9.17, 15) is 4.79 Å². The van der Waals surface area contributed by atoms with Gasteiger partial charge >= 0.3 is 0 Å². The first-order chi connectivity index (χ1) is 11.2. The molecule has 122 valence electrons. The molecule has 7 heteroatoms. The minimum Gasteiger partial charge on any atom is -0.332 e. The van der Waals surface area contributed by atoms with Gasteiger partial charge in [-0.25, -0.2) is 4.98 Å². The second-order valence-corrected chi connectivity index (χ2v) is 7.48. The third kappa shape index (κ3) is 4.95. The summed E-state index contributed by atoms with van der Waals surface area (Å²) in [6.07, 6.45) is 0.519. The Labute approximate surface area is 144 Å². The Morgan fingerprint density at radius 1 is 1.35 bits per heavy atom. The highest BCUT2D eigenvalue weighted by molar-refractivity contribution is 7.99. The average molecular weight is 348 g/mol. The van der Waals surface area contributed by atoms with Crippen molar-refractivity contribution >= 4 is 45.5 Å². The van der Waals surface area contributed by atoms with Crippen LogP contribution in [0.5, 0.6) is 0 Å². The van der Waals surface area contributed by atoms with Crippen LogP contribution in [-0.4, -0.2) is 35.0 Å². The number of nitrogens with one attached hydrogen (secondary N) is 3. The Hall–Kier alpha value is -1.57. The lowest BCUT2D eigenvalue weighted by Gasteiger charge is -2.22. The van der Waals surface area contributed by atoms with Crippen LogP contribution in [0, 0.1) is 6.92 Å². The van der Waals surface area contributed by atoms with Crippen LogP contribution < -0.4 is 16.0 Å². The molecule has 0 radical (unpaired) electrons. The van der Waals surface area contributed by atoms with Crippen molar-refractivity contribution in [1.82, 2.24) is 10.3 Å². The van der Waals surface area contributed by atoms with Crippen molar-refractivity contribution in [3.05, 3.63) is 35.3 Å². The smallest absolute Gasteiger partial charge is 0.225 e. The number of aromatic nitrogens is 1. The maximum atomic E-state index is 12.1. The first kappa shape index (κ1) is 16.3. The van der Waals surface area contributed by atoms with Crippen molar-refractivity contribution in [3.63, 3.8) is 0 Å². The molecule has 5 nitrogen and oxygen atoms in total. The normalized spacial score (nSPS) is 17.7. The number of anilines is 3. The third-order valence-corrected chi connectivity index (χ3v) is 5.48. The molecular weight excluding hydrogens is 328 g/mol. The molecule has 1 amide bonds. The molecule has 1 fully saturated rings. The summed E-state index contributed by atoms with van der Waals surface area (Å²) in [7, 11) is 0. The van der Waals surface area contributed by atoms with Crippen molar-refractivity contribution in [1.29, 1.82) is 0 Å². The number of carbonyl (C=O) groups is 1. The summed E-state index contributed by atoms with van der Waals surface area (Å²) in [6, 6.07) is 7.98. The van der Waals surface area contributed by atoms with E-state index in [4.69, 9.17) is 0 Å². The van der Waals surface area contributed by atoms with Gasteiger partial charge in [0.1, 0.15) is 0 Å². The number of hydrogen-bond donors (Lipinski definition) is 3. The molecule has 2 aromatic rings. The van der Waals surface area contributed by atoms with Crippen molar-refractivity contribution in [3.8, 4) is 0 Å². The fourth-order valence-corrected chi connectivity index (χ4v) is 4.02. The topological polar surface area (TPSA) is 66.0 Å². The van der Waals surface area contributed by atoms with E-state index >= 15 is 0 Å². The summed E-state index contributed by atoms with van der Waals surface area (Å²) in [5.74, 6) is 2.19. The van der Waals surface area contributed by atoms with Crippen LogP contribution in [0.1, 0.15) is 12.1 Å². The average Bonchev–Trinajstić information content (AvgIpc) is 2.95. The van der Waals surface area contributed by atoms with Gasteiger partial charge in [-0.05, 0) is 31.2 Å². The molecular formula is C16H20N4OS2. The first-order valence-corrected chi connectivity index (χ1v) is 9.63. The van der Waals surface area contributed by atoms with Gasteiger partial charge in [0, 0.05) is 47.3 Å². The maximum Gasteiger partial charge on any atom is 0.225 e. The number of thiazole rings is 1. The number of amides is 1. The number of benzene rings is 1. The molecule has 1 aromatic carbocycles. The highest BCUT2D eigenvalue weighted by Crippen LogP contribution is 2.22. The molecule has 0 saturated carbocycles. The molecule has 1 unspecified atom stereocenters. The lowest BCUT2D eigenvalue weighted by Crippen LogP contribution is -2.39. The van der Waals surface area contributed by atoms with Crippen LogP contribution in [0.4, 0.5) is 16.5 Å². The zero-order valence-corrected chi connectivity index (χ0v) is 14.6. The van der Waals surface area contributed by atoms with Gasteiger partial charge in [0.25, 0.3) is 0 Å². The van der Waals surface area contributed by atoms with Gasteiger partial charge in [0.2, 0.25) is 5.91 Å². The lowest BCUT2D eigenvalue weighted by atomic mass is 10.2. The zero-order valence-electron chi connectivity index (χ0n) is 13.0. The molecule has 1 atom stereocenters. The van der Waals surface area contributed by atoms with E-state index in [0.29, 0.717) is 6.42 Å². The fourth-order valence-electron chi connectivity index (χ4n) is 2.36. The lowest BCUT2D eigenvalue weighted by molar-refractivity contribution is -0.116. The highest BCUT2D eigenvalue weighted by atomic mass is 32.2. The van der Waals surface area contributed by atoms with Crippen LogP contribution >= 0.6 is 23.1 Å². The van der Waals surface area contributed by atoms with Crippen LogP contribution in [0.3, 0.4) is 0 Å². The number of aryl methyl sites for hydroxylation is 1. The van der Waals surface area contributed by atoms with E-state index in [2.05, 4.69) is 20.9 Å². The Bertz CT molecular complexity index is 650. The predicted molar refractivity (Wildman–Crippen MR) is 98.9 cm³/mol. The summed E-state index contributed by atoms with van der Waals surface area (Å²) in [5, 5.41) is 12.5. The predicted octanol–water partition coefficient (Wildman–Crippen LogP) is 3.23. The van der Waals surface area contributed by atoms with Gasteiger partial charge in [-0.3, -0.25) is 4.79 Å². The first-order valence-electron chi connectivity index (χ1n) is 7.59. The van der Waals surface area contributed by atoms with Gasteiger partial charge < -0.3 is 16.0 Å². The van der Waals surface area contributed by atoms with E-state index in [-0.39, 0.29) is 11.9 Å². The Balaban J connectivity index is 1.51. The van der Waals surface area contributed by atoms with Gasteiger partial charge in [0.15, 0.2) is 5.13 Å². The fraction of sp³-hybridized carbons (Fsp3) is 0.375. The molecule has 23 heavy (non-hydrogen) atoms. The number of carbonyl (C=O) groups excluding carboxylic acids is 1. The van der Waals surface area contributed by atoms with Gasteiger partial charge in [0.05, 0.1) is 5.69 Å². The Kier molecular flexibility index (Phi) is 5.53. The van der Waals surface area contributed by atoms with Crippen LogP contribution in [0.15, 0.2) is 29.6 Å². The van der Waals surface area contributed by atoms with Gasteiger partial charge in [-0.15, -0.1) is 11.3 Å². The van der Waals surface area contributed by atoms with Crippen molar-refractivity contribution in [2.45, 2.75) is 19.4 Å². The van der Waals surface area contributed by atoms with Gasteiger partial charge in [-0.2, -0.15) is 11.8 Å². The summed E-state index contributed by atoms with van der Waals surface area (Å²) < 4.78 is 0. The van der Waals surface area contributed by atoms with Crippen LogP contribution in [-0.2, 0) is 4.79 Å². The van der Waals surface area contributed by atoms with Gasteiger partial charge in [-0.1, -0.05) is 0 Å². The molecule has 2 heterocycles. The molecule has 1 aliphatic rings. The Morgan fingerprint density at radius 3 is 2.78 bits per heavy atom. The van der Waals surface area contributed by atoms with E-state index in [1.165, 1.54) is 0 Å². The molecule has 0 bridgehead atoms. The molecule has 1 aliphatic heterocycles. The molecule has 0 spiro atoms. The molecule has 1 aromatic heterocycles. The second kappa shape index (κ2) is 7.81. The van der Waals surface area contributed by atoms with Crippen molar-refractivity contribution in [2.24, 2.45) is 0 Å². The van der Waals surface area contributed by atoms with Crippen molar-refractivity contribution < 1.29 is 4.79 Å². The molecule has 0 aliphatic carbocycles. The summed E-state index contributed by atoms with van der Waals surface area (Å²) in [4.78, 5) is 16.4. The van der Waals surface area contributed by atoms with E-state index < -0.39 is 0 Å². The number of hydrogen-bond acceptors (Lipinski definition) is 6. The Morgan fingerprint density at radius 2 is 2.13 bits per heavy atom. The summed E-state index contributed by atoms with van der Waals surface area (Å²) >= 11 is 3.48. The minimum atomic E-state index is 0.0567. The highest BCUT2D eigenvalue weighted by Gasteiger charge is 2.16. The third-order valence-electron chi connectivity index (χ3n) is 3.47. The summed E-state index contributed by atoms with van der Waals surface area (Å²) in [5.41, 5.74) is 2.79. The molecule has 3 rings (SSSR count). The van der Waals surface area contributed by atoms with Crippen LogP contribution in [0.2, 0.25) is 0 Å². The largest absolute Gasteiger partial charge is 0.332 e. The molecule has 1 saturated heterocycles. The summed E-state index contributed by atoms with van der Waals surface area (Å²) in [6.45, 7) is 2.96. The number of thioether (sulfide) groups is 1. The monoisotopic (exact) mass is 348 g/mol. The van der Waals surface area contributed by atoms with E-state index in [1.54, 1.807) is 11.3 Å². The zero-order chi connectivity index (χ0) is 16.1. The standard InChI is InChI=1S/C16H20N4OS2/c1-11-9-23-16(18-11)20-13-4-2-12(3-5-13)19-15(21)8-14-10-22-7-6-17-14/h2-5,9,14,17H,6-8,10H2,1H3,(H,18,20)(H,19,21). The second-order valence-electron chi connectivity index (χ2n) is 5.47.